The van der Waals surface area contributed by atoms with Gasteiger partial charge in [0.25, 0.3) is 0 Å². The molecule has 0 radical (unpaired) electrons. The Bertz CT molecular complexity index is 560. The normalized spacial score (nSPS) is 10.3. The Morgan fingerprint density at radius 1 is 1.15 bits per heavy atom. The summed E-state index contributed by atoms with van der Waals surface area (Å²) in [5, 5.41) is 11.9. The molecule has 20 heavy (non-hydrogen) atoms. The van der Waals surface area contributed by atoms with Crippen LogP contribution in [-0.2, 0) is 6.54 Å². The molecule has 0 saturated heterocycles. The number of aliphatic hydroxyl groups excluding tert-OH is 1. The third-order valence-electron chi connectivity index (χ3n) is 2.69. The van der Waals surface area contributed by atoms with Crippen LogP contribution in [0.15, 0.2) is 46.9 Å². The first kappa shape index (κ1) is 14.8. The standard InChI is InChI=1S/C15H15BrFNO2/c16-14-6-1-11(9-15(14)17)10-18-12-2-4-13(5-3-12)20-8-7-19/h1-6,9,18-19H,7-8,10H2. The molecular weight excluding hydrogens is 325 g/mol. The fourth-order valence-corrected chi connectivity index (χ4v) is 1.93. The highest BCUT2D eigenvalue weighted by atomic mass is 79.9. The van der Waals surface area contributed by atoms with Crippen LogP contribution in [0.5, 0.6) is 5.75 Å². The molecule has 2 N–H and O–H groups in total. The molecule has 2 aromatic carbocycles. The number of nitrogens with one attached hydrogen (secondary N) is 1. The lowest BCUT2D eigenvalue weighted by molar-refractivity contribution is 0.201. The van der Waals surface area contributed by atoms with Gasteiger partial charge < -0.3 is 15.2 Å². The number of hydrogen-bond donors (Lipinski definition) is 2. The predicted octanol–water partition coefficient (Wildman–Crippen LogP) is 3.57. The third kappa shape index (κ3) is 4.21. The van der Waals surface area contributed by atoms with Gasteiger partial charge in [0, 0.05) is 12.2 Å². The van der Waals surface area contributed by atoms with Gasteiger partial charge in [0.15, 0.2) is 0 Å². The highest BCUT2D eigenvalue weighted by Crippen LogP contribution is 2.19. The molecule has 0 aliphatic rings. The zero-order valence-corrected chi connectivity index (χ0v) is 12.4. The van der Waals surface area contributed by atoms with Crippen LogP contribution >= 0.6 is 15.9 Å². The molecule has 0 saturated carbocycles. The highest BCUT2D eigenvalue weighted by Gasteiger charge is 2.01. The van der Waals surface area contributed by atoms with Gasteiger partial charge in [-0.1, -0.05) is 6.07 Å². The fourth-order valence-electron chi connectivity index (χ4n) is 1.69. The van der Waals surface area contributed by atoms with Crippen molar-refractivity contribution in [1.29, 1.82) is 0 Å². The van der Waals surface area contributed by atoms with E-state index < -0.39 is 0 Å². The maximum Gasteiger partial charge on any atom is 0.137 e. The van der Waals surface area contributed by atoms with E-state index >= 15 is 0 Å². The summed E-state index contributed by atoms with van der Waals surface area (Å²) in [5.41, 5.74) is 1.79. The number of anilines is 1. The Hall–Kier alpha value is -1.59. The molecule has 0 heterocycles. The van der Waals surface area contributed by atoms with Crippen molar-refractivity contribution in [3.05, 3.63) is 58.3 Å². The molecule has 5 heteroatoms. The zero-order chi connectivity index (χ0) is 14.4. The van der Waals surface area contributed by atoms with Gasteiger partial charge in [-0.05, 0) is 57.9 Å². The molecule has 0 atom stereocenters. The van der Waals surface area contributed by atoms with Gasteiger partial charge in [0.1, 0.15) is 18.2 Å². The van der Waals surface area contributed by atoms with Crippen molar-refractivity contribution in [1.82, 2.24) is 0 Å². The summed E-state index contributed by atoms with van der Waals surface area (Å²) in [4.78, 5) is 0. The smallest absolute Gasteiger partial charge is 0.137 e. The van der Waals surface area contributed by atoms with E-state index in [2.05, 4.69) is 21.2 Å². The SMILES string of the molecule is OCCOc1ccc(NCc2ccc(Br)c(F)c2)cc1. The van der Waals surface area contributed by atoms with E-state index in [-0.39, 0.29) is 19.0 Å². The van der Waals surface area contributed by atoms with Crippen molar-refractivity contribution in [2.24, 2.45) is 0 Å². The van der Waals surface area contributed by atoms with Crippen molar-refractivity contribution in [3.8, 4) is 5.75 Å². The molecule has 106 valence electrons. The largest absolute Gasteiger partial charge is 0.491 e. The van der Waals surface area contributed by atoms with Crippen LogP contribution in [0.2, 0.25) is 0 Å². The van der Waals surface area contributed by atoms with Crippen LogP contribution in [0.3, 0.4) is 0 Å². The lowest BCUT2D eigenvalue weighted by Crippen LogP contribution is -2.02. The Labute approximate surface area is 125 Å². The summed E-state index contributed by atoms with van der Waals surface area (Å²) in [6.45, 7) is 0.821. The molecule has 0 fully saturated rings. The molecule has 0 aliphatic heterocycles. The van der Waals surface area contributed by atoms with Gasteiger partial charge in [-0.2, -0.15) is 0 Å². The fraction of sp³-hybridized carbons (Fsp3) is 0.200. The average Bonchev–Trinajstić information content (AvgIpc) is 2.47. The van der Waals surface area contributed by atoms with Crippen LogP contribution < -0.4 is 10.1 Å². The molecule has 0 bridgehead atoms. The summed E-state index contributed by atoms with van der Waals surface area (Å²) >= 11 is 3.13. The van der Waals surface area contributed by atoms with Gasteiger partial charge in [-0.3, -0.25) is 0 Å². The van der Waals surface area contributed by atoms with E-state index in [1.807, 2.05) is 30.3 Å². The number of aliphatic hydroxyl groups is 1. The van der Waals surface area contributed by atoms with Gasteiger partial charge in [-0.15, -0.1) is 0 Å². The Morgan fingerprint density at radius 3 is 2.55 bits per heavy atom. The lowest BCUT2D eigenvalue weighted by atomic mass is 10.2. The third-order valence-corrected chi connectivity index (χ3v) is 3.34. The van der Waals surface area contributed by atoms with Crippen molar-refractivity contribution < 1.29 is 14.2 Å². The predicted molar refractivity (Wildman–Crippen MR) is 80.4 cm³/mol. The number of rotatable bonds is 6. The maximum absolute atomic E-state index is 13.4. The van der Waals surface area contributed by atoms with Gasteiger partial charge >= 0.3 is 0 Å². The molecule has 3 nitrogen and oxygen atoms in total. The molecule has 0 unspecified atom stereocenters. The first-order valence-electron chi connectivity index (χ1n) is 6.20. The lowest BCUT2D eigenvalue weighted by Gasteiger charge is -2.09. The van der Waals surface area contributed by atoms with Crippen LogP contribution in [0.4, 0.5) is 10.1 Å². The molecule has 0 amide bonds. The molecule has 2 aromatic rings. The second kappa shape index (κ2) is 7.26. The summed E-state index contributed by atoms with van der Waals surface area (Å²) < 4.78 is 19.1. The Balaban J connectivity index is 1.91. The van der Waals surface area contributed by atoms with Crippen LogP contribution in [-0.4, -0.2) is 18.3 Å². The van der Waals surface area contributed by atoms with E-state index in [1.165, 1.54) is 6.07 Å². The van der Waals surface area contributed by atoms with Gasteiger partial charge in [0.05, 0.1) is 11.1 Å². The minimum absolute atomic E-state index is 0.00483. The molecule has 0 aliphatic carbocycles. The van der Waals surface area contributed by atoms with E-state index in [9.17, 15) is 4.39 Å². The summed E-state index contributed by atoms with van der Waals surface area (Å²) in [6, 6.07) is 12.4. The Morgan fingerprint density at radius 2 is 1.90 bits per heavy atom. The number of ether oxygens (including phenoxy) is 1. The number of hydrogen-bond acceptors (Lipinski definition) is 3. The first-order valence-corrected chi connectivity index (χ1v) is 7.00. The van der Waals surface area contributed by atoms with E-state index in [1.54, 1.807) is 6.07 Å². The van der Waals surface area contributed by atoms with Crippen LogP contribution in [0.1, 0.15) is 5.56 Å². The summed E-state index contributed by atoms with van der Waals surface area (Å²) in [5.74, 6) is 0.441. The van der Waals surface area contributed by atoms with Crippen molar-refractivity contribution >= 4 is 21.6 Å². The Kier molecular flexibility index (Phi) is 5.38. The number of halogens is 2. The van der Waals surface area contributed by atoms with Crippen LogP contribution in [0.25, 0.3) is 0 Å². The maximum atomic E-state index is 13.4. The van der Waals surface area contributed by atoms with E-state index in [0.29, 0.717) is 16.8 Å². The summed E-state index contributed by atoms with van der Waals surface area (Å²) in [6.07, 6.45) is 0. The molecular formula is C15H15BrFNO2. The minimum Gasteiger partial charge on any atom is -0.491 e. The highest BCUT2D eigenvalue weighted by molar-refractivity contribution is 9.10. The molecule has 0 aromatic heterocycles. The minimum atomic E-state index is -0.267. The van der Waals surface area contributed by atoms with E-state index in [4.69, 9.17) is 9.84 Å². The van der Waals surface area contributed by atoms with Gasteiger partial charge in [0.2, 0.25) is 0 Å². The van der Waals surface area contributed by atoms with Crippen LogP contribution in [0, 0.1) is 5.82 Å². The van der Waals surface area contributed by atoms with Crippen molar-refractivity contribution in [2.75, 3.05) is 18.5 Å². The second-order valence-corrected chi connectivity index (χ2v) is 5.05. The first-order chi connectivity index (χ1) is 9.69. The second-order valence-electron chi connectivity index (χ2n) is 4.20. The molecule has 2 rings (SSSR count). The molecule has 0 spiro atoms. The van der Waals surface area contributed by atoms with Gasteiger partial charge in [-0.25, -0.2) is 4.39 Å². The topological polar surface area (TPSA) is 41.5 Å². The van der Waals surface area contributed by atoms with Crippen molar-refractivity contribution in [2.45, 2.75) is 6.54 Å². The monoisotopic (exact) mass is 339 g/mol. The number of benzene rings is 2. The van der Waals surface area contributed by atoms with E-state index in [0.717, 1.165) is 11.3 Å². The van der Waals surface area contributed by atoms with Crippen molar-refractivity contribution in [3.63, 3.8) is 0 Å². The zero-order valence-electron chi connectivity index (χ0n) is 10.8. The quantitative estimate of drug-likeness (QED) is 0.845. The summed E-state index contributed by atoms with van der Waals surface area (Å²) in [7, 11) is 0. The average molecular weight is 340 g/mol.